The molecular formula is C16H20ClN5. The Hall–Kier alpha value is -1.85. The number of nitrogens with one attached hydrogen (secondary N) is 2. The second-order valence-corrected chi connectivity index (χ2v) is 6.83. The summed E-state index contributed by atoms with van der Waals surface area (Å²) in [6, 6.07) is 8.23. The van der Waals surface area contributed by atoms with Crippen LogP contribution in [0.3, 0.4) is 0 Å². The average molecular weight is 318 g/mol. The number of H-pyrrole nitrogens is 1. The van der Waals surface area contributed by atoms with E-state index in [0.717, 1.165) is 29.3 Å². The molecule has 2 aromatic heterocycles. The lowest BCUT2D eigenvalue weighted by molar-refractivity contribution is 0.557. The molecule has 5 nitrogen and oxygen atoms in total. The molecule has 0 unspecified atom stereocenters. The molecule has 0 aliphatic rings. The van der Waals surface area contributed by atoms with Crippen molar-refractivity contribution in [2.75, 3.05) is 7.05 Å². The summed E-state index contributed by atoms with van der Waals surface area (Å²) in [5.41, 5.74) is 3.70. The highest BCUT2D eigenvalue weighted by molar-refractivity contribution is 6.34. The SMILES string of the molecule is CNCc1cccc(-c2nn3nc(C(C)(C)C)c(Cl)c3[nH]2)c1. The summed E-state index contributed by atoms with van der Waals surface area (Å²) < 4.78 is 1.59. The summed E-state index contributed by atoms with van der Waals surface area (Å²) in [6.07, 6.45) is 0. The first kappa shape index (κ1) is 15.1. The molecule has 0 saturated carbocycles. The highest BCUT2D eigenvalue weighted by atomic mass is 35.5. The predicted octanol–water partition coefficient (Wildman–Crippen LogP) is 3.39. The fourth-order valence-electron chi connectivity index (χ4n) is 2.44. The number of nitrogens with zero attached hydrogens (tertiary/aromatic N) is 3. The van der Waals surface area contributed by atoms with Gasteiger partial charge < -0.3 is 10.3 Å². The van der Waals surface area contributed by atoms with Gasteiger partial charge in [-0.3, -0.25) is 0 Å². The lowest BCUT2D eigenvalue weighted by Gasteiger charge is -2.14. The zero-order valence-electron chi connectivity index (χ0n) is 13.2. The molecule has 0 amide bonds. The van der Waals surface area contributed by atoms with Crippen LogP contribution in [-0.4, -0.2) is 26.9 Å². The Bertz CT molecular complexity index is 810. The van der Waals surface area contributed by atoms with Crippen LogP contribution in [0, 0.1) is 0 Å². The number of aromatic amines is 1. The summed E-state index contributed by atoms with van der Waals surface area (Å²) in [6.45, 7) is 7.08. The van der Waals surface area contributed by atoms with Crippen LogP contribution in [0.15, 0.2) is 24.3 Å². The first-order chi connectivity index (χ1) is 10.4. The van der Waals surface area contributed by atoms with Crippen molar-refractivity contribution < 1.29 is 0 Å². The van der Waals surface area contributed by atoms with E-state index >= 15 is 0 Å². The van der Waals surface area contributed by atoms with E-state index < -0.39 is 0 Å². The van der Waals surface area contributed by atoms with E-state index in [-0.39, 0.29) is 5.41 Å². The first-order valence-corrected chi connectivity index (χ1v) is 7.67. The van der Waals surface area contributed by atoms with Gasteiger partial charge in [-0.1, -0.05) is 50.6 Å². The lowest BCUT2D eigenvalue weighted by atomic mass is 9.92. The minimum atomic E-state index is -0.113. The highest BCUT2D eigenvalue weighted by Gasteiger charge is 2.25. The van der Waals surface area contributed by atoms with Crippen molar-refractivity contribution in [1.82, 2.24) is 25.1 Å². The number of fused-ring (bicyclic) bond motifs is 1. The largest absolute Gasteiger partial charge is 0.320 e. The van der Waals surface area contributed by atoms with Crippen molar-refractivity contribution >= 4 is 17.2 Å². The van der Waals surface area contributed by atoms with Crippen molar-refractivity contribution in [2.45, 2.75) is 32.7 Å². The summed E-state index contributed by atoms with van der Waals surface area (Å²) >= 11 is 6.46. The highest BCUT2D eigenvalue weighted by Crippen LogP contribution is 2.31. The molecule has 0 saturated heterocycles. The lowest BCUT2D eigenvalue weighted by Crippen LogP contribution is -2.13. The maximum absolute atomic E-state index is 6.46. The summed E-state index contributed by atoms with van der Waals surface area (Å²) in [5.74, 6) is 0.766. The van der Waals surface area contributed by atoms with Crippen LogP contribution >= 0.6 is 11.6 Å². The molecule has 2 heterocycles. The van der Waals surface area contributed by atoms with Gasteiger partial charge >= 0.3 is 0 Å². The number of hydrogen-bond donors (Lipinski definition) is 2. The second kappa shape index (κ2) is 5.41. The number of rotatable bonds is 3. The summed E-state index contributed by atoms with van der Waals surface area (Å²) in [5, 5.41) is 12.8. The maximum Gasteiger partial charge on any atom is 0.175 e. The smallest absolute Gasteiger partial charge is 0.175 e. The van der Waals surface area contributed by atoms with Gasteiger partial charge in [-0.25, -0.2) is 0 Å². The van der Waals surface area contributed by atoms with Crippen LogP contribution in [0.1, 0.15) is 32.0 Å². The van der Waals surface area contributed by atoms with Gasteiger partial charge in [-0.15, -0.1) is 9.73 Å². The van der Waals surface area contributed by atoms with E-state index in [4.69, 9.17) is 11.6 Å². The van der Waals surface area contributed by atoms with E-state index in [0.29, 0.717) is 5.02 Å². The zero-order chi connectivity index (χ0) is 15.9. The van der Waals surface area contributed by atoms with Crippen molar-refractivity contribution in [2.24, 2.45) is 0 Å². The molecule has 0 aliphatic carbocycles. The van der Waals surface area contributed by atoms with Gasteiger partial charge in [0.25, 0.3) is 0 Å². The van der Waals surface area contributed by atoms with Gasteiger partial charge in [0.2, 0.25) is 0 Å². The molecule has 3 rings (SSSR count). The van der Waals surface area contributed by atoms with Crippen LogP contribution in [0.25, 0.3) is 17.0 Å². The van der Waals surface area contributed by atoms with Gasteiger partial charge in [0.15, 0.2) is 11.5 Å². The second-order valence-electron chi connectivity index (χ2n) is 6.45. The molecule has 6 heteroatoms. The van der Waals surface area contributed by atoms with Gasteiger partial charge in [0.05, 0.1) is 5.69 Å². The van der Waals surface area contributed by atoms with E-state index in [1.165, 1.54) is 5.56 Å². The molecule has 0 spiro atoms. The summed E-state index contributed by atoms with van der Waals surface area (Å²) in [7, 11) is 1.93. The maximum atomic E-state index is 6.46. The predicted molar refractivity (Wildman–Crippen MR) is 89.2 cm³/mol. The third-order valence-corrected chi connectivity index (χ3v) is 3.89. The molecule has 2 N–H and O–H groups in total. The number of aromatic nitrogens is 4. The van der Waals surface area contributed by atoms with Gasteiger partial charge in [-0.2, -0.15) is 5.10 Å². The average Bonchev–Trinajstić information content (AvgIpc) is 2.99. The number of halogens is 1. The Kier molecular flexibility index (Phi) is 3.70. The van der Waals surface area contributed by atoms with E-state index in [1.807, 2.05) is 19.2 Å². The Labute approximate surface area is 134 Å². The Morgan fingerprint density at radius 1 is 1.27 bits per heavy atom. The van der Waals surface area contributed by atoms with Gasteiger partial charge in [0.1, 0.15) is 5.02 Å². The quantitative estimate of drug-likeness (QED) is 0.778. The van der Waals surface area contributed by atoms with Crippen LogP contribution in [-0.2, 0) is 12.0 Å². The topological polar surface area (TPSA) is 58.0 Å². The van der Waals surface area contributed by atoms with Crippen LogP contribution < -0.4 is 5.32 Å². The monoisotopic (exact) mass is 317 g/mol. The third kappa shape index (κ3) is 2.62. The molecule has 0 atom stereocenters. The van der Waals surface area contributed by atoms with Crippen LogP contribution in [0.5, 0.6) is 0 Å². The summed E-state index contributed by atoms with van der Waals surface area (Å²) in [4.78, 5) is 3.28. The van der Waals surface area contributed by atoms with E-state index in [2.05, 4.69) is 53.4 Å². The molecule has 0 radical (unpaired) electrons. The fraction of sp³-hybridized carbons (Fsp3) is 0.375. The molecule has 3 aromatic rings. The molecule has 1 aromatic carbocycles. The molecule has 116 valence electrons. The van der Waals surface area contributed by atoms with Crippen molar-refractivity contribution in [3.05, 3.63) is 40.5 Å². The standard InChI is InChI=1S/C16H20ClN5/c1-16(2,3)13-12(17)15-19-14(21-22(15)20-13)11-7-5-6-10(8-11)9-18-4/h5-8,18H,9H2,1-4H3,(H,19,21). The van der Waals surface area contributed by atoms with Crippen LogP contribution in [0.4, 0.5) is 0 Å². The minimum Gasteiger partial charge on any atom is -0.320 e. The van der Waals surface area contributed by atoms with E-state index in [9.17, 15) is 0 Å². The molecular weight excluding hydrogens is 298 g/mol. The fourth-order valence-corrected chi connectivity index (χ4v) is 2.88. The third-order valence-electron chi connectivity index (χ3n) is 3.53. The van der Waals surface area contributed by atoms with Crippen molar-refractivity contribution in [1.29, 1.82) is 0 Å². The van der Waals surface area contributed by atoms with Gasteiger partial charge in [0, 0.05) is 17.5 Å². The Morgan fingerprint density at radius 3 is 2.68 bits per heavy atom. The van der Waals surface area contributed by atoms with Crippen molar-refractivity contribution in [3.63, 3.8) is 0 Å². The Morgan fingerprint density at radius 2 is 2.05 bits per heavy atom. The number of hydrogen-bond acceptors (Lipinski definition) is 3. The normalized spacial score (nSPS) is 12.2. The molecule has 0 aliphatic heterocycles. The first-order valence-electron chi connectivity index (χ1n) is 7.29. The van der Waals surface area contributed by atoms with Gasteiger partial charge in [-0.05, 0) is 18.7 Å². The van der Waals surface area contributed by atoms with E-state index in [1.54, 1.807) is 4.63 Å². The molecule has 22 heavy (non-hydrogen) atoms. The zero-order valence-corrected chi connectivity index (χ0v) is 14.0. The number of benzene rings is 1. The minimum absolute atomic E-state index is 0.113. The Balaban J connectivity index is 2.05. The van der Waals surface area contributed by atoms with Crippen molar-refractivity contribution in [3.8, 4) is 11.4 Å². The van der Waals surface area contributed by atoms with Crippen LogP contribution in [0.2, 0.25) is 5.02 Å². The molecule has 0 fully saturated rings. The molecule has 0 bridgehead atoms.